The summed E-state index contributed by atoms with van der Waals surface area (Å²) in [6.07, 6.45) is -3.35. The number of hydrogen-bond donors (Lipinski definition) is 0. The minimum Gasteiger partial charge on any atom is -0.489 e. The van der Waals surface area contributed by atoms with Crippen molar-refractivity contribution in [2.75, 3.05) is 13.1 Å². The first-order chi connectivity index (χ1) is 18.0. The van der Waals surface area contributed by atoms with E-state index in [1.165, 1.54) is 0 Å². The topological polar surface area (TPSA) is 66.9 Å². The van der Waals surface area contributed by atoms with Crippen molar-refractivity contribution in [3.63, 3.8) is 0 Å². The molecule has 0 radical (unpaired) electrons. The summed E-state index contributed by atoms with van der Waals surface area (Å²) in [6, 6.07) is 13.1. The van der Waals surface area contributed by atoms with Crippen LogP contribution in [0.2, 0.25) is 0 Å². The zero-order chi connectivity index (χ0) is 27.1. The van der Waals surface area contributed by atoms with Crippen molar-refractivity contribution >= 4 is 17.5 Å². The van der Waals surface area contributed by atoms with E-state index in [2.05, 4.69) is 4.90 Å². The van der Waals surface area contributed by atoms with E-state index in [4.69, 9.17) is 4.74 Å². The van der Waals surface area contributed by atoms with E-state index < -0.39 is 17.6 Å². The van der Waals surface area contributed by atoms with Gasteiger partial charge in [-0.25, -0.2) is 0 Å². The third kappa shape index (κ3) is 5.21. The number of halogens is 3. The highest BCUT2D eigenvalue weighted by Crippen LogP contribution is 2.39. The Kier molecular flexibility index (Phi) is 7.07. The Bertz CT molecular complexity index is 1240. The molecule has 2 aliphatic heterocycles. The fraction of sp³-hybridized carbons (Fsp3) is 0.483. The molecule has 0 bridgehead atoms. The lowest BCUT2D eigenvalue weighted by molar-refractivity contribution is -0.185. The zero-order valence-electron chi connectivity index (χ0n) is 21.4. The molecule has 3 aliphatic rings. The largest absolute Gasteiger partial charge is 0.489 e. The van der Waals surface area contributed by atoms with Gasteiger partial charge in [0.1, 0.15) is 23.7 Å². The Hall–Kier alpha value is -3.20. The molecule has 202 valence electrons. The van der Waals surface area contributed by atoms with Crippen LogP contribution in [0.4, 0.5) is 13.2 Å². The molecule has 2 aromatic carbocycles. The highest BCUT2D eigenvalue weighted by molar-refractivity contribution is 6.09. The van der Waals surface area contributed by atoms with Gasteiger partial charge in [-0.15, -0.1) is 0 Å². The molecule has 2 heterocycles. The maximum absolute atomic E-state index is 13.2. The van der Waals surface area contributed by atoms with Gasteiger partial charge in [0.2, 0.25) is 0 Å². The van der Waals surface area contributed by atoms with E-state index >= 15 is 0 Å². The third-order valence-electron chi connectivity index (χ3n) is 8.24. The molecule has 0 N–H and O–H groups in total. The molecule has 1 amide bonds. The summed E-state index contributed by atoms with van der Waals surface area (Å²) in [5, 5.41) is 0. The molecule has 1 saturated carbocycles. The Labute approximate surface area is 219 Å². The summed E-state index contributed by atoms with van der Waals surface area (Å²) in [5.74, 6) is -1.15. The summed E-state index contributed by atoms with van der Waals surface area (Å²) >= 11 is 0. The van der Waals surface area contributed by atoms with Gasteiger partial charge in [-0.05, 0) is 62.5 Å². The normalized spacial score (nSPS) is 23.2. The number of ketones is 2. The van der Waals surface area contributed by atoms with Crippen molar-refractivity contribution in [3.8, 4) is 5.75 Å². The van der Waals surface area contributed by atoms with E-state index in [1.54, 1.807) is 24.0 Å². The van der Waals surface area contributed by atoms with Crippen molar-refractivity contribution < 1.29 is 32.3 Å². The Morgan fingerprint density at radius 3 is 2.34 bits per heavy atom. The second-order valence-corrected chi connectivity index (χ2v) is 10.8. The maximum atomic E-state index is 13.2. The van der Waals surface area contributed by atoms with Gasteiger partial charge in [0.25, 0.3) is 5.91 Å². The molecule has 5 rings (SSSR count). The Morgan fingerprint density at radius 2 is 1.68 bits per heavy atom. The average Bonchev–Trinajstić information content (AvgIpc) is 3.23. The fourth-order valence-corrected chi connectivity index (χ4v) is 5.68. The van der Waals surface area contributed by atoms with Crippen molar-refractivity contribution in [3.05, 3.63) is 64.7 Å². The van der Waals surface area contributed by atoms with Crippen LogP contribution in [0.1, 0.15) is 66.1 Å². The number of carbonyl (C=O) groups excluding carboxylic acids is 3. The second-order valence-electron chi connectivity index (χ2n) is 10.8. The van der Waals surface area contributed by atoms with Gasteiger partial charge in [-0.2, -0.15) is 13.2 Å². The van der Waals surface area contributed by atoms with Crippen molar-refractivity contribution in [2.24, 2.45) is 5.92 Å². The summed E-state index contributed by atoms with van der Waals surface area (Å²) in [6.45, 7) is 3.76. The highest BCUT2D eigenvalue weighted by Gasteiger charge is 2.48. The van der Waals surface area contributed by atoms with Crippen LogP contribution in [0.25, 0.3) is 0 Å². The second kappa shape index (κ2) is 10.2. The lowest BCUT2D eigenvalue weighted by atomic mass is 9.80. The first-order valence-electron chi connectivity index (χ1n) is 13.0. The molecule has 9 heteroatoms. The summed E-state index contributed by atoms with van der Waals surface area (Å²) in [5.41, 5.74) is 2.21. The van der Waals surface area contributed by atoms with Crippen LogP contribution in [0.3, 0.4) is 0 Å². The fourth-order valence-electron chi connectivity index (χ4n) is 5.68. The molecular formula is C29H31F3N2O4. The van der Waals surface area contributed by atoms with Crippen molar-refractivity contribution in [1.29, 1.82) is 0 Å². The lowest BCUT2D eigenvalue weighted by Crippen LogP contribution is -2.55. The predicted molar refractivity (Wildman–Crippen MR) is 133 cm³/mol. The van der Waals surface area contributed by atoms with Gasteiger partial charge >= 0.3 is 6.18 Å². The molecule has 2 aromatic rings. The molecule has 2 fully saturated rings. The number of Topliss-reactive ketones (excluding diaryl/α,β-unsaturated/α-hetero) is 2. The van der Waals surface area contributed by atoms with Gasteiger partial charge in [-0.3, -0.25) is 19.3 Å². The lowest BCUT2D eigenvalue weighted by Gasteiger charge is -2.39. The van der Waals surface area contributed by atoms with E-state index in [9.17, 15) is 27.6 Å². The minimum atomic E-state index is -4.11. The number of benzene rings is 2. The predicted octanol–water partition coefficient (Wildman–Crippen LogP) is 5.08. The van der Waals surface area contributed by atoms with Crippen molar-refractivity contribution in [2.45, 2.75) is 70.4 Å². The van der Waals surface area contributed by atoms with Crippen LogP contribution >= 0.6 is 0 Å². The number of rotatable bonds is 6. The first-order valence-corrected chi connectivity index (χ1v) is 13.0. The molecule has 0 aromatic heterocycles. The van der Waals surface area contributed by atoms with Gasteiger partial charge in [0.05, 0.1) is 18.9 Å². The number of hydrogen-bond acceptors (Lipinski definition) is 5. The van der Waals surface area contributed by atoms with E-state index in [0.717, 1.165) is 16.7 Å². The summed E-state index contributed by atoms with van der Waals surface area (Å²) < 4.78 is 44.8. The van der Waals surface area contributed by atoms with E-state index in [0.29, 0.717) is 37.4 Å². The zero-order valence-corrected chi connectivity index (χ0v) is 21.4. The van der Waals surface area contributed by atoms with Crippen molar-refractivity contribution in [1.82, 2.24) is 9.80 Å². The van der Waals surface area contributed by atoms with Crippen LogP contribution in [-0.4, -0.2) is 52.1 Å². The van der Waals surface area contributed by atoms with E-state index in [-0.39, 0.29) is 56.3 Å². The Morgan fingerprint density at radius 1 is 1.00 bits per heavy atom. The molecule has 0 unspecified atom stereocenters. The summed E-state index contributed by atoms with van der Waals surface area (Å²) in [4.78, 5) is 41.3. The number of alkyl halides is 3. The molecule has 6 nitrogen and oxygen atoms in total. The molecule has 1 aliphatic carbocycles. The molecule has 0 spiro atoms. The first kappa shape index (κ1) is 26.4. The third-order valence-corrected chi connectivity index (χ3v) is 8.24. The molecule has 38 heavy (non-hydrogen) atoms. The number of fused-ring (bicyclic) bond motifs is 1. The SMILES string of the molecule is C[C@]1(N2Cc3c(OCc4ccc(CN5CCC(C(F)(F)F)CC5)cc4)cccc3C2=O)CCC(=O)CC1=O. The van der Waals surface area contributed by atoms with Gasteiger partial charge < -0.3 is 9.64 Å². The molecule has 1 saturated heterocycles. The minimum absolute atomic E-state index is 0.0855. The quantitative estimate of drug-likeness (QED) is 0.490. The number of nitrogens with zero attached hydrogens (tertiary/aromatic N) is 2. The summed E-state index contributed by atoms with van der Waals surface area (Å²) in [7, 11) is 0. The highest BCUT2D eigenvalue weighted by atomic mass is 19.4. The number of amides is 1. The van der Waals surface area contributed by atoms with Crippen LogP contribution in [0.5, 0.6) is 5.75 Å². The van der Waals surface area contributed by atoms with Gasteiger partial charge in [0, 0.05) is 24.1 Å². The monoisotopic (exact) mass is 528 g/mol. The van der Waals surface area contributed by atoms with Gasteiger partial charge in [-0.1, -0.05) is 30.3 Å². The maximum Gasteiger partial charge on any atom is 0.391 e. The number of piperidine rings is 1. The van der Waals surface area contributed by atoms with Crippen LogP contribution in [0, 0.1) is 5.92 Å². The molecule has 1 atom stereocenters. The smallest absolute Gasteiger partial charge is 0.391 e. The van der Waals surface area contributed by atoms with Gasteiger partial charge in [0.15, 0.2) is 5.78 Å². The van der Waals surface area contributed by atoms with Crippen LogP contribution in [0.15, 0.2) is 42.5 Å². The van der Waals surface area contributed by atoms with Crippen LogP contribution < -0.4 is 4.74 Å². The Balaban J connectivity index is 1.19. The van der Waals surface area contributed by atoms with E-state index in [1.807, 2.05) is 30.3 Å². The number of likely N-dealkylation sites (tertiary alicyclic amines) is 1. The number of ether oxygens (including phenoxy) is 1. The standard InChI is InChI=1S/C29H31F3N2O4/c1-28(12-9-22(35)15-26(28)36)34-17-24-23(27(34)37)3-2-4-25(24)38-18-20-7-5-19(6-8-20)16-33-13-10-21(11-14-33)29(30,31)32/h2-8,21H,9-18H2,1H3/t28-/m0/s1. The average molecular weight is 529 g/mol. The van der Waals surface area contributed by atoms with Crippen LogP contribution in [-0.2, 0) is 29.3 Å². The molecular weight excluding hydrogens is 497 g/mol. The number of carbonyl (C=O) groups is 3.